The first-order valence-electron chi connectivity index (χ1n) is 4.97. The molecule has 0 spiro atoms. The Labute approximate surface area is 80.5 Å². The van der Waals surface area contributed by atoms with E-state index in [1.54, 1.807) is 0 Å². The Morgan fingerprint density at radius 2 is 2.23 bits per heavy atom. The van der Waals surface area contributed by atoms with Crippen LogP contribution in [0.1, 0.15) is 33.6 Å². The van der Waals surface area contributed by atoms with Crippen molar-refractivity contribution in [2.75, 3.05) is 19.8 Å². The van der Waals surface area contributed by atoms with E-state index in [-0.39, 0.29) is 5.54 Å². The number of hydrogen-bond donors (Lipinski definition) is 2. The third kappa shape index (κ3) is 4.07. The van der Waals surface area contributed by atoms with E-state index in [0.29, 0.717) is 0 Å². The molecule has 1 saturated heterocycles. The standard InChI is InChI=1S/C10H21NO2/c1-9(2,12)4-6-11-10(3)5-7-13-8-10/h11-12H,4-8H2,1-3H3. The minimum absolute atomic E-state index is 0.130. The zero-order valence-electron chi connectivity index (χ0n) is 8.89. The van der Waals surface area contributed by atoms with Gasteiger partial charge in [0, 0.05) is 12.1 Å². The molecule has 1 unspecified atom stereocenters. The molecular formula is C10H21NO2. The Balaban J connectivity index is 2.18. The van der Waals surface area contributed by atoms with Gasteiger partial charge < -0.3 is 15.2 Å². The largest absolute Gasteiger partial charge is 0.390 e. The fraction of sp³-hybridized carbons (Fsp3) is 1.00. The molecule has 0 radical (unpaired) electrons. The van der Waals surface area contributed by atoms with Gasteiger partial charge in [-0.1, -0.05) is 0 Å². The first kappa shape index (κ1) is 11.0. The quantitative estimate of drug-likeness (QED) is 0.687. The first-order chi connectivity index (χ1) is 5.91. The van der Waals surface area contributed by atoms with Crippen molar-refractivity contribution in [3.05, 3.63) is 0 Å². The van der Waals surface area contributed by atoms with E-state index in [1.165, 1.54) is 0 Å². The van der Waals surface area contributed by atoms with Gasteiger partial charge in [-0.05, 0) is 40.2 Å². The predicted octanol–water partition coefficient (Wildman–Crippen LogP) is 0.916. The van der Waals surface area contributed by atoms with Gasteiger partial charge in [-0.25, -0.2) is 0 Å². The molecule has 13 heavy (non-hydrogen) atoms. The minimum Gasteiger partial charge on any atom is -0.390 e. The molecule has 1 heterocycles. The van der Waals surface area contributed by atoms with Gasteiger partial charge in [-0.3, -0.25) is 0 Å². The molecule has 1 aliphatic heterocycles. The average Bonchev–Trinajstić information content (AvgIpc) is 2.33. The fourth-order valence-electron chi connectivity index (χ4n) is 1.48. The summed E-state index contributed by atoms with van der Waals surface area (Å²) < 4.78 is 5.32. The third-order valence-electron chi connectivity index (χ3n) is 2.51. The second-order valence-electron chi connectivity index (χ2n) is 4.85. The zero-order valence-corrected chi connectivity index (χ0v) is 8.89. The SMILES string of the molecule is CC(C)(O)CCNC1(C)CCOC1. The van der Waals surface area contributed by atoms with E-state index < -0.39 is 5.60 Å². The number of aliphatic hydroxyl groups is 1. The fourth-order valence-corrected chi connectivity index (χ4v) is 1.48. The van der Waals surface area contributed by atoms with E-state index >= 15 is 0 Å². The number of hydrogen-bond acceptors (Lipinski definition) is 3. The van der Waals surface area contributed by atoms with Crippen LogP contribution in [0.25, 0.3) is 0 Å². The summed E-state index contributed by atoms with van der Waals surface area (Å²) in [6.07, 6.45) is 1.85. The van der Waals surface area contributed by atoms with Gasteiger partial charge in [-0.15, -0.1) is 0 Å². The summed E-state index contributed by atoms with van der Waals surface area (Å²) in [5.74, 6) is 0. The van der Waals surface area contributed by atoms with Crippen LogP contribution in [0.2, 0.25) is 0 Å². The molecule has 0 saturated carbocycles. The Hall–Kier alpha value is -0.120. The smallest absolute Gasteiger partial charge is 0.0646 e. The maximum absolute atomic E-state index is 9.50. The molecule has 78 valence electrons. The Bertz CT molecular complexity index is 157. The van der Waals surface area contributed by atoms with E-state index in [0.717, 1.165) is 32.6 Å². The van der Waals surface area contributed by atoms with Crippen LogP contribution in [0.15, 0.2) is 0 Å². The van der Waals surface area contributed by atoms with Crippen molar-refractivity contribution in [3.8, 4) is 0 Å². The molecule has 1 atom stereocenters. The monoisotopic (exact) mass is 187 g/mol. The van der Waals surface area contributed by atoms with Crippen LogP contribution in [-0.4, -0.2) is 36.0 Å². The third-order valence-corrected chi connectivity index (χ3v) is 2.51. The van der Waals surface area contributed by atoms with Crippen LogP contribution in [0, 0.1) is 0 Å². The van der Waals surface area contributed by atoms with Gasteiger partial charge in [0.1, 0.15) is 0 Å². The topological polar surface area (TPSA) is 41.5 Å². The second-order valence-corrected chi connectivity index (χ2v) is 4.85. The van der Waals surface area contributed by atoms with Crippen LogP contribution < -0.4 is 5.32 Å². The van der Waals surface area contributed by atoms with E-state index in [1.807, 2.05) is 13.8 Å². The molecule has 0 aromatic heterocycles. The number of ether oxygens (including phenoxy) is 1. The average molecular weight is 187 g/mol. The lowest BCUT2D eigenvalue weighted by molar-refractivity contribution is 0.0679. The maximum atomic E-state index is 9.50. The van der Waals surface area contributed by atoms with Crippen LogP contribution in [0.5, 0.6) is 0 Å². The highest BCUT2D eigenvalue weighted by Gasteiger charge is 2.29. The molecule has 0 amide bonds. The lowest BCUT2D eigenvalue weighted by atomic mass is 10.00. The van der Waals surface area contributed by atoms with Crippen molar-refractivity contribution in [3.63, 3.8) is 0 Å². The molecule has 0 aliphatic carbocycles. The molecule has 2 N–H and O–H groups in total. The van der Waals surface area contributed by atoms with Crippen molar-refractivity contribution < 1.29 is 9.84 Å². The summed E-state index contributed by atoms with van der Waals surface area (Å²) in [6, 6.07) is 0. The van der Waals surface area contributed by atoms with E-state index in [9.17, 15) is 5.11 Å². The number of rotatable bonds is 4. The second kappa shape index (κ2) is 3.95. The van der Waals surface area contributed by atoms with Crippen LogP contribution >= 0.6 is 0 Å². The number of nitrogens with one attached hydrogen (secondary N) is 1. The summed E-state index contributed by atoms with van der Waals surface area (Å²) in [7, 11) is 0. The Morgan fingerprint density at radius 3 is 2.69 bits per heavy atom. The van der Waals surface area contributed by atoms with Crippen molar-refractivity contribution in [2.24, 2.45) is 0 Å². The summed E-state index contributed by atoms with van der Waals surface area (Å²) in [5, 5.41) is 12.9. The van der Waals surface area contributed by atoms with Gasteiger partial charge in [0.2, 0.25) is 0 Å². The molecule has 0 aromatic rings. The van der Waals surface area contributed by atoms with Crippen molar-refractivity contribution in [2.45, 2.75) is 44.8 Å². The maximum Gasteiger partial charge on any atom is 0.0646 e. The molecule has 1 rings (SSSR count). The highest BCUT2D eigenvalue weighted by Crippen LogP contribution is 2.17. The normalized spacial score (nSPS) is 29.5. The summed E-state index contributed by atoms with van der Waals surface area (Å²) in [5.41, 5.74) is -0.436. The summed E-state index contributed by atoms with van der Waals surface area (Å²) in [4.78, 5) is 0. The minimum atomic E-state index is -0.567. The van der Waals surface area contributed by atoms with Gasteiger partial charge in [-0.2, -0.15) is 0 Å². The van der Waals surface area contributed by atoms with Crippen LogP contribution in [0.4, 0.5) is 0 Å². The van der Waals surface area contributed by atoms with Gasteiger partial charge in [0.15, 0.2) is 0 Å². The summed E-state index contributed by atoms with van der Waals surface area (Å²) >= 11 is 0. The molecule has 1 fully saturated rings. The molecule has 3 nitrogen and oxygen atoms in total. The van der Waals surface area contributed by atoms with Gasteiger partial charge in [0.25, 0.3) is 0 Å². The molecule has 1 aliphatic rings. The van der Waals surface area contributed by atoms with E-state index in [2.05, 4.69) is 12.2 Å². The van der Waals surface area contributed by atoms with Crippen LogP contribution in [-0.2, 0) is 4.74 Å². The predicted molar refractivity (Wildman–Crippen MR) is 52.8 cm³/mol. The van der Waals surface area contributed by atoms with Crippen molar-refractivity contribution in [1.82, 2.24) is 5.32 Å². The van der Waals surface area contributed by atoms with Gasteiger partial charge in [0.05, 0.1) is 12.2 Å². The highest BCUT2D eigenvalue weighted by atomic mass is 16.5. The Morgan fingerprint density at radius 1 is 1.54 bits per heavy atom. The molecule has 0 aromatic carbocycles. The van der Waals surface area contributed by atoms with Crippen molar-refractivity contribution >= 4 is 0 Å². The molecular weight excluding hydrogens is 166 g/mol. The lowest BCUT2D eigenvalue weighted by Gasteiger charge is -2.26. The van der Waals surface area contributed by atoms with E-state index in [4.69, 9.17) is 4.74 Å². The molecule has 0 bridgehead atoms. The van der Waals surface area contributed by atoms with Crippen LogP contribution in [0.3, 0.4) is 0 Å². The van der Waals surface area contributed by atoms with Gasteiger partial charge >= 0.3 is 0 Å². The summed E-state index contributed by atoms with van der Waals surface area (Å²) in [6.45, 7) is 8.34. The lowest BCUT2D eigenvalue weighted by Crippen LogP contribution is -2.44. The zero-order chi connectivity index (χ0) is 9.95. The van der Waals surface area contributed by atoms with Crippen molar-refractivity contribution in [1.29, 1.82) is 0 Å². The first-order valence-corrected chi connectivity index (χ1v) is 4.97. The molecule has 3 heteroatoms. The highest BCUT2D eigenvalue weighted by molar-refractivity contribution is 4.87. The Kier molecular flexibility index (Phi) is 3.33.